The van der Waals surface area contributed by atoms with Crippen molar-refractivity contribution in [2.24, 2.45) is 11.7 Å². The molecule has 222 valence electrons. The summed E-state index contributed by atoms with van der Waals surface area (Å²) in [6.07, 6.45) is 7.42. The number of amides is 3. The molecule has 41 heavy (non-hydrogen) atoms. The van der Waals surface area contributed by atoms with Crippen LogP contribution in [0.4, 0.5) is 0 Å². The Morgan fingerprint density at radius 1 is 0.976 bits per heavy atom. The summed E-state index contributed by atoms with van der Waals surface area (Å²) in [5.41, 5.74) is 8.36. The van der Waals surface area contributed by atoms with E-state index in [4.69, 9.17) is 5.73 Å². The summed E-state index contributed by atoms with van der Waals surface area (Å²) in [5, 5.41) is 18.6. The molecule has 12 nitrogen and oxygen atoms in total. The van der Waals surface area contributed by atoms with Gasteiger partial charge in [0, 0.05) is 41.8 Å². The van der Waals surface area contributed by atoms with Crippen LogP contribution < -0.4 is 21.7 Å². The number of hydrogen-bond acceptors (Lipinski definition) is 7. The van der Waals surface area contributed by atoms with Crippen molar-refractivity contribution in [3.63, 3.8) is 0 Å². The molecule has 0 aliphatic rings. The van der Waals surface area contributed by atoms with Crippen LogP contribution in [0.15, 0.2) is 43.0 Å². The van der Waals surface area contributed by atoms with Gasteiger partial charge < -0.3 is 36.8 Å². The van der Waals surface area contributed by atoms with Crippen molar-refractivity contribution in [3.8, 4) is 0 Å². The SMILES string of the molecule is CSCCC(NC(=O)C(Cc1cnc[nH]1)NC(=O)C(Cc1c[nH]c2ccccc12)NC(=O)C(N)CC(C)C)C(=O)O. The van der Waals surface area contributed by atoms with Crippen molar-refractivity contribution in [1.82, 2.24) is 30.9 Å². The number of rotatable bonds is 16. The molecular weight excluding hydrogens is 546 g/mol. The number of imidazole rings is 1. The Morgan fingerprint density at radius 3 is 2.27 bits per heavy atom. The second-order valence-corrected chi connectivity index (χ2v) is 11.4. The number of fused-ring (bicyclic) bond motifs is 1. The summed E-state index contributed by atoms with van der Waals surface area (Å²) in [4.78, 5) is 61.8. The second-order valence-electron chi connectivity index (χ2n) is 10.4. The van der Waals surface area contributed by atoms with Crippen LogP contribution in [0.25, 0.3) is 10.9 Å². The Bertz CT molecular complexity index is 1310. The number of thioether (sulfide) groups is 1. The number of nitrogens with one attached hydrogen (secondary N) is 5. The molecule has 3 aromatic rings. The monoisotopic (exact) mass is 585 g/mol. The lowest BCUT2D eigenvalue weighted by Gasteiger charge is -2.25. The number of aromatic amines is 2. The lowest BCUT2D eigenvalue weighted by atomic mass is 10.0. The highest BCUT2D eigenvalue weighted by Gasteiger charge is 2.31. The maximum absolute atomic E-state index is 13.7. The van der Waals surface area contributed by atoms with Crippen LogP contribution in [-0.2, 0) is 32.0 Å². The van der Waals surface area contributed by atoms with E-state index >= 15 is 0 Å². The van der Waals surface area contributed by atoms with Crippen LogP contribution >= 0.6 is 11.8 Å². The molecule has 2 heterocycles. The minimum Gasteiger partial charge on any atom is -0.480 e. The Balaban J connectivity index is 1.85. The summed E-state index contributed by atoms with van der Waals surface area (Å²) in [6.45, 7) is 3.90. The van der Waals surface area contributed by atoms with E-state index in [1.807, 2.05) is 44.4 Å². The molecule has 0 bridgehead atoms. The van der Waals surface area contributed by atoms with Gasteiger partial charge in [0.25, 0.3) is 0 Å². The van der Waals surface area contributed by atoms with E-state index in [0.29, 0.717) is 17.9 Å². The van der Waals surface area contributed by atoms with E-state index < -0.39 is 47.9 Å². The highest BCUT2D eigenvalue weighted by molar-refractivity contribution is 7.98. The fraction of sp³-hybridized carbons (Fsp3) is 0.464. The molecule has 4 unspecified atom stereocenters. The van der Waals surface area contributed by atoms with Gasteiger partial charge in [0.15, 0.2) is 0 Å². The first-order valence-electron chi connectivity index (χ1n) is 13.5. The topological polar surface area (TPSA) is 195 Å². The maximum Gasteiger partial charge on any atom is 0.326 e. The van der Waals surface area contributed by atoms with Crippen LogP contribution in [0.5, 0.6) is 0 Å². The number of benzene rings is 1. The van der Waals surface area contributed by atoms with Gasteiger partial charge in [-0.3, -0.25) is 14.4 Å². The summed E-state index contributed by atoms with van der Waals surface area (Å²) >= 11 is 1.46. The number of aromatic nitrogens is 3. The molecule has 0 aliphatic carbocycles. The third-order valence-electron chi connectivity index (χ3n) is 6.63. The van der Waals surface area contributed by atoms with E-state index in [9.17, 15) is 24.3 Å². The molecule has 0 saturated carbocycles. The number of carbonyl (C=O) groups excluding carboxylic acids is 3. The Morgan fingerprint density at radius 2 is 1.63 bits per heavy atom. The Hall–Kier alpha value is -3.84. The number of H-pyrrole nitrogens is 2. The lowest BCUT2D eigenvalue weighted by Crippen LogP contribution is -2.58. The van der Waals surface area contributed by atoms with Crippen molar-refractivity contribution in [3.05, 3.63) is 54.2 Å². The zero-order valence-electron chi connectivity index (χ0n) is 23.5. The molecule has 8 N–H and O–H groups in total. The van der Waals surface area contributed by atoms with Crippen molar-refractivity contribution in [2.75, 3.05) is 12.0 Å². The predicted molar refractivity (Wildman–Crippen MR) is 158 cm³/mol. The average molecular weight is 586 g/mol. The van der Waals surface area contributed by atoms with E-state index in [0.717, 1.165) is 16.5 Å². The van der Waals surface area contributed by atoms with E-state index in [2.05, 4.69) is 30.9 Å². The standard InChI is InChI=1S/C28H39N7O5S/c1-16(2)10-20(29)25(36)34-23(11-17-13-31-21-7-5-4-6-19(17)21)26(37)35-24(12-18-14-30-15-32-18)27(38)33-22(28(39)40)8-9-41-3/h4-7,13-16,20,22-24,31H,8-12,29H2,1-3H3,(H,30,32)(H,33,38)(H,34,36)(H,35,37)(H,39,40). The summed E-state index contributed by atoms with van der Waals surface area (Å²) in [5.74, 6) is -2.19. The molecule has 3 rings (SSSR count). The highest BCUT2D eigenvalue weighted by Crippen LogP contribution is 2.19. The van der Waals surface area contributed by atoms with Crippen LogP contribution in [0, 0.1) is 5.92 Å². The molecule has 3 amide bonds. The van der Waals surface area contributed by atoms with Crippen molar-refractivity contribution >= 4 is 46.4 Å². The molecule has 0 saturated heterocycles. The number of nitrogens with two attached hydrogens (primary N) is 1. The molecule has 0 radical (unpaired) electrons. The summed E-state index contributed by atoms with van der Waals surface area (Å²) in [7, 11) is 0. The van der Waals surface area contributed by atoms with Gasteiger partial charge in [-0.15, -0.1) is 0 Å². The van der Waals surface area contributed by atoms with Gasteiger partial charge in [0.2, 0.25) is 17.7 Å². The fourth-order valence-electron chi connectivity index (χ4n) is 4.49. The fourth-order valence-corrected chi connectivity index (χ4v) is 4.96. The Kier molecular flexibility index (Phi) is 11.8. The van der Waals surface area contributed by atoms with Crippen LogP contribution in [0.1, 0.15) is 37.9 Å². The normalized spacial score (nSPS) is 14.3. The van der Waals surface area contributed by atoms with Gasteiger partial charge in [-0.2, -0.15) is 11.8 Å². The first-order chi connectivity index (χ1) is 19.6. The minimum absolute atomic E-state index is 0.0348. The number of aliphatic carboxylic acids is 1. The van der Waals surface area contributed by atoms with Gasteiger partial charge in [0.1, 0.15) is 18.1 Å². The minimum atomic E-state index is -1.16. The molecular formula is C28H39N7O5S. The average Bonchev–Trinajstić information content (AvgIpc) is 3.59. The van der Waals surface area contributed by atoms with Gasteiger partial charge in [-0.05, 0) is 42.4 Å². The third kappa shape index (κ3) is 9.35. The molecule has 4 atom stereocenters. The molecule has 1 aromatic carbocycles. The molecule has 0 spiro atoms. The third-order valence-corrected chi connectivity index (χ3v) is 7.28. The quantitative estimate of drug-likeness (QED) is 0.131. The van der Waals surface area contributed by atoms with Crippen LogP contribution in [0.2, 0.25) is 0 Å². The Labute approximate surface area is 243 Å². The lowest BCUT2D eigenvalue weighted by molar-refractivity contribution is -0.142. The second kappa shape index (κ2) is 15.2. The van der Waals surface area contributed by atoms with Crippen LogP contribution in [-0.4, -0.2) is 79.9 Å². The highest BCUT2D eigenvalue weighted by atomic mass is 32.2. The maximum atomic E-state index is 13.7. The molecule has 13 heteroatoms. The van der Waals surface area contributed by atoms with Crippen molar-refractivity contribution < 1.29 is 24.3 Å². The summed E-state index contributed by atoms with van der Waals surface area (Å²) in [6, 6.07) is 3.48. The van der Waals surface area contributed by atoms with Crippen LogP contribution in [0.3, 0.4) is 0 Å². The van der Waals surface area contributed by atoms with E-state index in [1.165, 1.54) is 24.3 Å². The smallest absolute Gasteiger partial charge is 0.326 e. The number of nitrogens with zero attached hydrogens (tertiary/aromatic N) is 1. The van der Waals surface area contributed by atoms with Gasteiger partial charge in [-0.1, -0.05) is 32.0 Å². The van der Waals surface area contributed by atoms with E-state index in [1.54, 1.807) is 6.20 Å². The number of carboxylic acids is 1. The van der Waals surface area contributed by atoms with Gasteiger partial charge in [0.05, 0.1) is 12.4 Å². The molecule has 0 aliphatic heterocycles. The number of carboxylic acid groups (broad SMARTS) is 1. The van der Waals surface area contributed by atoms with Gasteiger partial charge in [-0.25, -0.2) is 9.78 Å². The number of carbonyl (C=O) groups is 4. The molecule has 2 aromatic heterocycles. The number of hydrogen-bond donors (Lipinski definition) is 7. The van der Waals surface area contributed by atoms with E-state index in [-0.39, 0.29) is 25.2 Å². The zero-order valence-corrected chi connectivity index (χ0v) is 24.3. The first-order valence-corrected chi connectivity index (χ1v) is 14.9. The zero-order chi connectivity index (χ0) is 29.9. The van der Waals surface area contributed by atoms with Crippen molar-refractivity contribution in [1.29, 1.82) is 0 Å². The number of para-hydroxylation sites is 1. The summed E-state index contributed by atoms with van der Waals surface area (Å²) < 4.78 is 0. The first kappa shape index (κ1) is 31.7. The molecule has 0 fully saturated rings. The predicted octanol–water partition coefficient (Wildman–Crippen LogP) is 1.34. The van der Waals surface area contributed by atoms with Crippen molar-refractivity contribution in [2.45, 2.75) is 63.7 Å². The van der Waals surface area contributed by atoms with Gasteiger partial charge >= 0.3 is 5.97 Å². The largest absolute Gasteiger partial charge is 0.480 e.